The summed E-state index contributed by atoms with van der Waals surface area (Å²) in [5.41, 5.74) is -0.470. The van der Waals surface area contributed by atoms with Gasteiger partial charge in [-0.1, -0.05) is 12.8 Å². The maximum Gasteiger partial charge on any atom is 0.222 e. The van der Waals surface area contributed by atoms with E-state index in [0.29, 0.717) is 24.2 Å². The van der Waals surface area contributed by atoms with Crippen LogP contribution in [0.15, 0.2) is 0 Å². The Morgan fingerprint density at radius 2 is 2.14 bits per heavy atom. The Morgan fingerprint density at radius 3 is 2.95 bits per heavy atom. The topological polar surface area (TPSA) is 52.6 Å². The van der Waals surface area contributed by atoms with Gasteiger partial charge in [-0.05, 0) is 57.5 Å². The minimum Gasteiger partial charge on any atom is -0.389 e. The van der Waals surface area contributed by atoms with Crippen LogP contribution in [0.3, 0.4) is 0 Å². The minimum atomic E-state index is -0.470. The molecule has 2 heterocycles. The molecule has 1 aliphatic carbocycles. The van der Waals surface area contributed by atoms with Gasteiger partial charge in [-0.2, -0.15) is 0 Å². The Bertz CT molecular complexity index is 368. The summed E-state index contributed by atoms with van der Waals surface area (Å²) in [6.07, 6.45) is 9.40. The van der Waals surface area contributed by atoms with E-state index >= 15 is 0 Å². The number of aliphatic hydroxyl groups is 1. The van der Waals surface area contributed by atoms with Crippen molar-refractivity contribution in [2.24, 2.45) is 11.8 Å². The highest BCUT2D eigenvalue weighted by molar-refractivity contribution is 5.76. The summed E-state index contributed by atoms with van der Waals surface area (Å²) < 4.78 is 0. The predicted molar refractivity (Wildman–Crippen MR) is 82.9 cm³/mol. The maximum absolute atomic E-state index is 12.4. The van der Waals surface area contributed by atoms with Crippen LogP contribution in [0.4, 0.5) is 0 Å². The van der Waals surface area contributed by atoms with Crippen molar-refractivity contribution in [2.45, 2.75) is 63.4 Å². The lowest BCUT2D eigenvalue weighted by Gasteiger charge is -2.47. The summed E-state index contributed by atoms with van der Waals surface area (Å²) in [6, 6.07) is 0. The molecular weight excluding hydrogens is 264 g/mol. The number of hydrogen-bond acceptors (Lipinski definition) is 3. The first kappa shape index (κ1) is 15.3. The third-order valence-corrected chi connectivity index (χ3v) is 5.95. The Balaban J connectivity index is 1.47. The van der Waals surface area contributed by atoms with Gasteiger partial charge in [0.2, 0.25) is 5.91 Å². The normalized spacial score (nSPS) is 37.1. The first-order chi connectivity index (χ1) is 10.2. The van der Waals surface area contributed by atoms with E-state index in [4.69, 9.17) is 0 Å². The molecule has 1 saturated carbocycles. The van der Waals surface area contributed by atoms with Gasteiger partial charge in [0.05, 0.1) is 5.60 Å². The zero-order valence-corrected chi connectivity index (χ0v) is 13.1. The average molecular weight is 294 g/mol. The maximum atomic E-state index is 12.4. The van der Waals surface area contributed by atoms with Crippen molar-refractivity contribution in [2.75, 3.05) is 26.2 Å². The molecule has 0 aromatic rings. The molecule has 2 N–H and O–H groups in total. The molecule has 3 aliphatic rings. The first-order valence-electron chi connectivity index (χ1n) is 8.88. The van der Waals surface area contributed by atoms with Gasteiger partial charge in [-0.25, -0.2) is 0 Å². The van der Waals surface area contributed by atoms with Gasteiger partial charge in [0.1, 0.15) is 0 Å². The number of carbonyl (C=O) groups is 1. The lowest BCUT2D eigenvalue weighted by Crippen LogP contribution is -2.54. The van der Waals surface area contributed by atoms with E-state index in [1.165, 1.54) is 19.3 Å². The number of likely N-dealkylation sites (tertiary alicyclic amines) is 1. The standard InChI is InChI=1S/C17H30N2O2/c20-16(7-6-14-4-3-10-18-12-14)19-11-9-17(21)8-2-1-5-15(17)13-19/h14-15,18,21H,1-13H2. The molecule has 0 aromatic heterocycles. The van der Waals surface area contributed by atoms with Gasteiger partial charge in [-0.15, -0.1) is 0 Å². The second kappa shape index (κ2) is 6.66. The van der Waals surface area contributed by atoms with E-state index in [0.717, 1.165) is 58.3 Å². The Hall–Kier alpha value is -0.610. The van der Waals surface area contributed by atoms with Gasteiger partial charge in [0, 0.05) is 25.4 Å². The average Bonchev–Trinajstić information content (AvgIpc) is 2.52. The van der Waals surface area contributed by atoms with Crippen molar-refractivity contribution in [1.82, 2.24) is 10.2 Å². The number of nitrogens with one attached hydrogen (secondary N) is 1. The number of rotatable bonds is 3. The second-order valence-corrected chi connectivity index (χ2v) is 7.39. The summed E-state index contributed by atoms with van der Waals surface area (Å²) in [5, 5.41) is 14.1. The molecule has 4 nitrogen and oxygen atoms in total. The molecule has 0 bridgehead atoms. The highest BCUT2D eigenvalue weighted by atomic mass is 16.3. The SMILES string of the molecule is O=C(CCC1CCCNC1)N1CCC2(O)CCCCC2C1. The van der Waals surface area contributed by atoms with E-state index < -0.39 is 5.60 Å². The van der Waals surface area contributed by atoms with E-state index in [1.807, 2.05) is 4.90 Å². The largest absolute Gasteiger partial charge is 0.389 e. The van der Waals surface area contributed by atoms with Gasteiger partial charge in [-0.3, -0.25) is 4.79 Å². The summed E-state index contributed by atoms with van der Waals surface area (Å²) in [5.74, 6) is 1.31. The summed E-state index contributed by atoms with van der Waals surface area (Å²) in [6.45, 7) is 3.76. The van der Waals surface area contributed by atoms with Crippen LogP contribution in [0.5, 0.6) is 0 Å². The van der Waals surface area contributed by atoms with E-state index in [9.17, 15) is 9.90 Å². The van der Waals surface area contributed by atoms with Crippen molar-refractivity contribution in [3.05, 3.63) is 0 Å². The van der Waals surface area contributed by atoms with Gasteiger partial charge in [0.15, 0.2) is 0 Å². The number of piperidine rings is 2. The van der Waals surface area contributed by atoms with Crippen LogP contribution in [0.2, 0.25) is 0 Å². The third kappa shape index (κ3) is 3.59. The van der Waals surface area contributed by atoms with Crippen LogP contribution in [-0.4, -0.2) is 47.7 Å². The fourth-order valence-corrected chi connectivity index (χ4v) is 4.45. The molecule has 3 rings (SSSR count). The summed E-state index contributed by atoms with van der Waals surface area (Å²) in [4.78, 5) is 14.5. The van der Waals surface area contributed by atoms with Crippen molar-refractivity contribution >= 4 is 5.91 Å². The molecule has 0 aromatic carbocycles. The zero-order chi connectivity index (χ0) is 14.7. The van der Waals surface area contributed by atoms with Crippen LogP contribution < -0.4 is 5.32 Å². The Morgan fingerprint density at radius 1 is 1.24 bits per heavy atom. The molecule has 2 saturated heterocycles. The number of carbonyl (C=O) groups excluding carboxylic acids is 1. The molecule has 4 heteroatoms. The number of nitrogens with zero attached hydrogens (tertiary/aromatic N) is 1. The fourth-order valence-electron chi connectivity index (χ4n) is 4.45. The predicted octanol–water partition coefficient (Wildman–Crippen LogP) is 1.92. The summed E-state index contributed by atoms with van der Waals surface area (Å²) in [7, 11) is 0. The molecular formula is C17H30N2O2. The van der Waals surface area contributed by atoms with Crippen LogP contribution in [0.1, 0.15) is 57.8 Å². The Labute approximate surface area is 128 Å². The smallest absolute Gasteiger partial charge is 0.222 e. The molecule has 0 spiro atoms. The highest BCUT2D eigenvalue weighted by Crippen LogP contribution is 2.39. The zero-order valence-electron chi connectivity index (χ0n) is 13.1. The quantitative estimate of drug-likeness (QED) is 0.836. The number of amides is 1. The Kier molecular flexibility index (Phi) is 4.85. The van der Waals surface area contributed by atoms with E-state index in [2.05, 4.69) is 5.32 Å². The highest BCUT2D eigenvalue weighted by Gasteiger charge is 2.43. The molecule has 21 heavy (non-hydrogen) atoms. The lowest BCUT2D eigenvalue weighted by atomic mass is 9.71. The van der Waals surface area contributed by atoms with Crippen LogP contribution in [0, 0.1) is 11.8 Å². The molecule has 3 fully saturated rings. The van der Waals surface area contributed by atoms with Crippen molar-refractivity contribution in [3.63, 3.8) is 0 Å². The van der Waals surface area contributed by atoms with Crippen molar-refractivity contribution in [1.29, 1.82) is 0 Å². The van der Waals surface area contributed by atoms with E-state index in [1.54, 1.807) is 0 Å². The van der Waals surface area contributed by atoms with E-state index in [-0.39, 0.29) is 0 Å². The molecule has 120 valence electrons. The van der Waals surface area contributed by atoms with Crippen molar-refractivity contribution in [3.8, 4) is 0 Å². The van der Waals surface area contributed by atoms with Crippen molar-refractivity contribution < 1.29 is 9.90 Å². The molecule has 3 unspecified atom stereocenters. The monoisotopic (exact) mass is 294 g/mol. The van der Waals surface area contributed by atoms with Gasteiger partial charge < -0.3 is 15.3 Å². The van der Waals surface area contributed by atoms with Gasteiger partial charge >= 0.3 is 0 Å². The molecule has 1 amide bonds. The second-order valence-electron chi connectivity index (χ2n) is 7.39. The summed E-state index contributed by atoms with van der Waals surface area (Å²) >= 11 is 0. The van der Waals surface area contributed by atoms with Gasteiger partial charge in [0.25, 0.3) is 0 Å². The lowest BCUT2D eigenvalue weighted by molar-refractivity contribution is -0.143. The van der Waals surface area contributed by atoms with Crippen LogP contribution >= 0.6 is 0 Å². The molecule has 0 radical (unpaired) electrons. The van der Waals surface area contributed by atoms with Crippen LogP contribution in [0.25, 0.3) is 0 Å². The van der Waals surface area contributed by atoms with Crippen LogP contribution in [-0.2, 0) is 4.79 Å². The number of hydrogen-bond donors (Lipinski definition) is 2. The third-order valence-electron chi connectivity index (χ3n) is 5.95. The molecule has 2 aliphatic heterocycles. The number of fused-ring (bicyclic) bond motifs is 1. The molecule has 3 atom stereocenters. The minimum absolute atomic E-state index is 0.313. The fraction of sp³-hybridized carbons (Fsp3) is 0.941. The first-order valence-corrected chi connectivity index (χ1v) is 8.88.